The van der Waals surface area contributed by atoms with Crippen LogP contribution in [-0.4, -0.2) is 107 Å². The lowest BCUT2D eigenvalue weighted by Gasteiger charge is -2.47. The number of amides is 4. The molecule has 3 unspecified atom stereocenters. The number of hydrogen-bond donors (Lipinski definition) is 2. The van der Waals surface area contributed by atoms with E-state index in [2.05, 4.69) is 89.6 Å². The molecule has 0 aromatic heterocycles. The molecule has 5 atom stereocenters. The molecule has 2 N–H and O–H groups in total. The van der Waals surface area contributed by atoms with E-state index in [1.54, 1.807) is 0 Å². The zero-order chi connectivity index (χ0) is 42.4. The molecule has 3 fully saturated rings. The van der Waals surface area contributed by atoms with Gasteiger partial charge in [0.05, 0.1) is 16.8 Å². The third-order valence-electron chi connectivity index (χ3n) is 13.9. The Morgan fingerprint density at radius 1 is 0.787 bits per heavy atom. The Kier molecular flexibility index (Phi) is 11.4. The van der Waals surface area contributed by atoms with E-state index in [0.717, 1.165) is 68.6 Å². The summed E-state index contributed by atoms with van der Waals surface area (Å²) in [6.07, 6.45) is 4.23. The first-order valence-electron chi connectivity index (χ1n) is 21.9. The van der Waals surface area contributed by atoms with Crippen molar-refractivity contribution in [2.75, 3.05) is 50.8 Å². The van der Waals surface area contributed by atoms with E-state index in [9.17, 15) is 24.3 Å². The summed E-state index contributed by atoms with van der Waals surface area (Å²) in [5, 5.41) is 12.4. The predicted octanol–water partition coefficient (Wildman–Crippen LogP) is 6.48. The quantitative estimate of drug-likeness (QED) is 0.173. The van der Waals surface area contributed by atoms with Crippen LogP contribution in [0.2, 0.25) is 0 Å². The van der Waals surface area contributed by atoms with Crippen LogP contribution in [0.25, 0.3) is 0 Å². The third-order valence-corrected chi connectivity index (χ3v) is 13.9. The lowest BCUT2D eigenvalue weighted by Crippen LogP contribution is -2.58. The van der Waals surface area contributed by atoms with Crippen molar-refractivity contribution in [2.24, 2.45) is 5.92 Å². The zero-order valence-corrected chi connectivity index (χ0v) is 34.9. The molecule has 4 amide bonds. The van der Waals surface area contributed by atoms with Crippen molar-refractivity contribution >= 4 is 29.3 Å². The maximum atomic E-state index is 15.7. The summed E-state index contributed by atoms with van der Waals surface area (Å²) in [6.45, 7) is 9.93. The number of nitrogens with zero attached hydrogens (tertiary/aromatic N) is 4. The molecule has 11 nitrogen and oxygen atoms in total. The molecule has 4 aliphatic heterocycles. The van der Waals surface area contributed by atoms with Gasteiger partial charge in [-0.2, -0.15) is 0 Å². The second-order valence-electron chi connectivity index (χ2n) is 17.7. The molecule has 0 spiro atoms. The average molecular weight is 828 g/mol. The number of hydrogen-bond acceptors (Lipinski definition) is 9. The molecular formula is C49H54FN5O6. The molecule has 0 saturated carbocycles. The number of benzene rings is 4. The van der Waals surface area contributed by atoms with Crippen LogP contribution in [0.5, 0.6) is 11.5 Å². The number of fused-ring (bicyclic) bond motifs is 2. The average Bonchev–Trinajstić information content (AvgIpc) is 3.49. The molecule has 5 aliphatic rings. The Labute approximate surface area is 356 Å². The maximum absolute atomic E-state index is 15.7. The number of aryl methyl sites for hydroxylation is 1. The minimum Gasteiger partial charge on any atom is -0.508 e. The number of phenols is 1. The Hall–Kier alpha value is -5.59. The summed E-state index contributed by atoms with van der Waals surface area (Å²) in [5.41, 5.74) is 5.42. The van der Waals surface area contributed by atoms with E-state index in [0.29, 0.717) is 37.3 Å². The largest absolute Gasteiger partial charge is 0.508 e. The highest BCUT2D eigenvalue weighted by Gasteiger charge is 2.46. The first kappa shape index (κ1) is 40.8. The van der Waals surface area contributed by atoms with Crippen molar-refractivity contribution in [3.8, 4) is 11.5 Å². The van der Waals surface area contributed by atoms with E-state index in [1.165, 1.54) is 28.3 Å². The number of carbonyl (C=O) groups is 4. The fourth-order valence-electron chi connectivity index (χ4n) is 10.7. The van der Waals surface area contributed by atoms with Crippen molar-refractivity contribution in [1.82, 2.24) is 20.0 Å². The second-order valence-corrected chi connectivity index (χ2v) is 17.7. The van der Waals surface area contributed by atoms with Gasteiger partial charge in [-0.15, -0.1) is 0 Å². The van der Waals surface area contributed by atoms with Crippen molar-refractivity contribution in [3.05, 3.63) is 124 Å². The summed E-state index contributed by atoms with van der Waals surface area (Å²) >= 11 is 0. The van der Waals surface area contributed by atoms with Crippen LogP contribution < -0.4 is 15.0 Å². The van der Waals surface area contributed by atoms with E-state index >= 15 is 4.39 Å². The number of aromatic hydroxyl groups is 1. The first-order valence-corrected chi connectivity index (χ1v) is 21.9. The van der Waals surface area contributed by atoms with Gasteiger partial charge < -0.3 is 14.7 Å². The van der Waals surface area contributed by atoms with Crippen LogP contribution in [0.15, 0.2) is 84.9 Å². The zero-order valence-electron chi connectivity index (χ0n) is 34.9. The maximum Gasteiger partial charge on any atom is 0.262 e. The van der Waals surface area contributed by atoms with Crippen molar-refractivity contribution in [1.29, 1.82) is 0 Å². The lowest BCUT2D eigenvalue weighted by atomic mass is 9.69. The number of phenolic OH excluding ortho intramolecular Hbond substituents is 1. The number of piperidine rings is 2. The molecule has 4 aromatic carbocycles. The molecule has 12 heteroatoms. The van der Waals surface area contributed by atoms with Gasteiger partial charge in [-0.05, 0) is 130 Å². The number of piperazine rings is 1. The molecular weight excluding hydrogens is 774 g/mol. The van der Waals surface area contributed by atoms with E-state index < -0.39 is 35.5 Å². The standard InChI is InChI=1S/C49H54FN5O6/c1-30-27-53(44-26-41-40(25-42(44)50)48(59)55(49(41)60)43-16-17-45(57)51-47(43)58)28-31(2)54(30)29-32-18-20-52(21-19-32)22-23-61-37-12-8-34(9-13-37)46-38(33-6-4-3-5-7-33)14-10-35-24-36(56)11-15-39(35)46/h3-9,11-13,15,24-26,30-32,38,43,46,56H,10,14,16-23,27-29H2,1-2H3,(H,51,57,58)/t30?,31?,38-,43?,46+/m1/s1. The smallest absolute Gasteiger partial charge is 0.262 e. The van der Waals surface area contributed by atoms with Gasteiger partial charge in [-0.1, -0.05) is 48.5 Å². The fourth-order valence-corrected chi connectivity index (χ4v) is 10.7. The van der Waals surface area contributed by atoms with Gasteiger partial charge in [0.15, 0.2) is 0 Å². The lowest BCUT2D eigenvalue weighted by molar-refractivity contribution is -0.136. The van der Waals surface area contributed by atoms with Crippen LogP contribution in [-0.2, 0) is 16.0 Å². The van der Waals surface area contributed by atoms with Gasteiger partial charge >= 0.3 is 0 Å². The highest BCUT2D eigenvalue weighted by atomic mass is 19.1. The highest BCUT2D eigenvalue weighted by Crippen LogP contribution is 2.47. The van der Waals surface area contributed by atoms with Gasteiger partial charge in [-0.3, -0.25) is 39.2 Å². The number of rotatable bonds is 10. The van der Waals surface area contributed by atoms with Gasteiger partial charge in [-0.25, -0.2) is 4.39 Å². The number of nitrogens with one attached hydrogen (secondary N) is 1. The van der Waals surface area contributed by atoms with Crippen LogP contribution in [0.4, 0.5) is 10.1 Å². The highest BCUT2D eigenvalue weighted by molar-refractivity contribution is 6.23. The molecule has 61 heavy (non-hydrogen) atoms. The normalized spacial score (nSPS) is 25.1. The van der Waals surface area contributed by atoms with Crippen LogP contribution >= 0.6 is 0 Å². The SMILES string of the molecule is CC1CN(c2cc3c(cc2F)C(=O)N(C2CCC(=O)NC2=O)C3=O)CC(C)N1CC1CCN(CCOc2ccc([C@@H]3c4ccc(O)cc4CC[C@@H]3c3ccccc3)cc2)CC1. The molecule has 318 valence electrons. The molecule has 9 rings (SSSR count). The molecule has 4 aromatic rings. The van der Waals surface area contributed by atoms with Gasteiger partial charge in [0, 0.05) is 50.6 Å². The summed E-state index contributed by atoms with van der Waals surface area (Å²) < 4.78 is 22.0. The molecule has 1 aliphatic carbocycles. The summed E-state index contributed by atoms with van der Waals surface area (Å²) in [6, 6.07) is 26.9. The van der Waals surface area contributed by atoms with Crippen molar-refractivity contribution in [2.45, 2.75) is 82.3 Å². The van der Waals surface area contributed by atoms with Crippen molar-refractivity contribution < 1.29 is 33.4 Å². The van der Waals surface area contributed by atoms with Gasteiger partial charge in [0.1, 0.15) is 30.0 Å². The Balaban J connectivity index is 0.756. The Bertz CT molecular complexity index is 2300. The number of anilines is 1. The number of likely N-dealkylation sites (tertiary alicyclic amines) is 1. The number of halogens is 1. The first-order chi connectivity index (χ1) is 29.5. The summed E-state index contributed by atoms with van der Waals surface area (Å²) in [4.78, 5) is 58.7. The van der Waals surface area contributed by atoms with E-state index in [4.69, 9.17) is 4.74 Å². The summed E-state index contributed by atoms with van der Waals surface area (Å²) in [7, 11) is 0. The summed E-state index contributed by atoms with van der Waals surface area (Å²) in [5.74, 6) is -0.755. The monoisotopic (exact) mass is 827 g/mol. The molecule has 4 heterocycles. The van der Waals surface area contributed by atoms with E-state index in [-0.39, 0.29) is 47.7 Å². The van der Waals surface area contributed by atoms with Gasteiger partial charge in [0.25, 0.3) is 11.8 Å². The second kappa shape index (κ2) is 17.1. The predicted molar refractivity (Wildman–Crippen MR) is 229 cm³/mol. The van der Waals surface area contributed by atoms with Gasteiger partial charge in [0.2, 0.25) is 11.8 Å². The Morgan fingerprint density at radius 2 is 1.49 bits per heavy atom. The van der Waals surface area contributed by atoms with Crippen molar-refractivity contribution in [3.63, 3.8) is 0 Å². The topological polar surface area (TPSA) is 123 Å². The number of carbonyl (C=O) groups excluding carboxylic acids is 4. The third kappa shape index (κ3) is 8.15. The Morgan fingerprint density at radius 3 is 2.20 bits per heavy atom. The van der Waals surface area contributed by atoms with Crippen LogP contribution in [0.1, 0.15) is 101 Å². The fraction of sp³-hybridized carbons (Fsp3) is 0.429. The van der Waals surface area contributed by atoms with Crippen LogP contribution in [0, 0.1) is 11.7 Å². The molecule has 3 saturated heterocycles. The van der Waals surface area contributed by atoms with Crippen LogP contribution in [0.3, 0.4) is 0 Å². The minimum absolute atomic E-state index is 0.0242. The molecule has 0 bridgehead atoms. The minimum atomic E-state index is -1.09. The number of ether oxygens (including phenoxy) is 1. The molecule has 0 radical (unpaired) electrons. The van der Waals surface area contributed by atoms with E-state index in [1.807, 2.05) is 17.0 Å². The number of imide groups is 2.